The van der Waals surface area contributed by atoms with Crippen LogP contribution in [0.25, 0.3) is 10.9 Å². The highest BCUT2D eigenvalue weighted by molar-refractivity contribution is 9.10. The van der Waals surface area contributed by atoms with Gasteiger partial charge in [0.25, 0.3) is 0 Å². The molecule has 0 aliphatic heterocycles. The lowest BCUT2D eigenvalue weighted by molar-refractivity contribution is 0.112. The van der Waals surface area contributed by atoms with Gasteiger partial charge in [0, 0.05) is 38.9 Å². The predicted octanol–water partition coefficient (Wildman–Crippen LogP) is 4.87. The molecule has 0 amide bonds. The monoisotopic (exact) mass is 372 g/mol. The number of rotatable bonds is 4. The highest BCUT2D eigenvalue weighted by atomic mass is 79.9. The molecule has 1 N–H and O–H groups in total. The smallest absolute Gasteiger partial charge is 0.150 e. The van der Waals surface area contributed by atoms with Crippen LogP contribution < -0.4 is 5.32 Å². The highest BCUT2D eigenvalue weighted by Crippen LogP contribution is 2.27. The van der Waals surface area contributed by atoms with E-state index >= 15 is 0 Å². The minimum Gasteiger partial charge on any atom is -0.380 e. The summed E-state index contributed by atoms with van der Waals surface area (Å²) in [5.74, 6) is -0.334. The Morgan fingerprint density at radius 3 is 2.83 bits per heavy atom. The highest BCUT2D eigenvalue weighted by Gasteiger charge is 2.07. The van der Waals surface area contributed by atoms with Gasteiger partial charge in [-0.3, -0.25) is 9.78 Å². The van der Waals surface area contributed by atoms with Crippen molar-refractivity contribution in [2.24, 2.45) is 0 Å². The maximum atomic E-state index is 13.9. The molecule has 23 heavy (non-hydrogen) atoms. The summed E-state index contributed by atoms with van der Waals surface area (Å²) < 4.78 is 14.8. The van der Waals surface area contributed by atoms with Crippen LogP contribution in [0.3, 0.4) is 0 Å². The number of aryl methyl sites for hydroxylation is 1. The van der Waals surface area contributed by atoms with E-state index in [4.69, 9.17) is 0 Å². The first-order valence-electron chi connectivity index (χ1n) is 7.11. The molecule has 0 unspecified atom stereocenters. The minimum absolute atomic E-state index is 0.290. The van der Waals surface area contributed by atoms with Crippen molar-refractivity contribution < 1.29 is 9.18 Å². The van der Waals surface area contributed by atoms with E-state index in [1.807, 2.05) is 31.2 Å². The molecule has 0 saturated heterocycles. The van der Waals surface area contributed by atoms with Gasteiger partial charge in [0.15, 0.2) is 0 Å². The Morgan fingerprint density at radius 2 is 2.04 bits per heavy atom. The fourth-order valence-electron chi connectivity index (χ4n) is 2.47. The third-order valence-corrected chi connectivity index (χ3v) is 4.07. The van der Waals surface area contributed by atoms with Gasteiger partial charge >= 0.3 is 0 Å². The Morgan fingerprint density at radius 1 is 1.22 bits per heavy atom. The first kappa shape index (κ1) is 15.6. The molecule has 0 radical (unpaired) electrons. The molecule has 0 spiro atoms. The van der Waals surface area contributed by atoms with Crippen LogP contribution in [0.1, 0.15) is 21.6 Å². The van der Waals surface area contributed by atoms with Gasteiger partial charge in [0.2, 0.25) is 0 Å². The van der Waals surface area contributed by atoms with E-state index in [9.17, 15) is 9.18 Å². The second-order valence-electron chi connectivity index (χ2n) is 5.29. The van der Waals surface area contributed by atoms with Crippen molar-refractivity contribution in [2.45, 2.75) is 13.5 Å². The minimum atomic E-state index is -0.334. The number of pyridine rings is 1. The topological polar surface area (TPSA) is 42.0 Å². The Bertz CT molecular complexity index is 896. The van der Waals surface area contributed by atoms with Crippen LogP contribution >= 0.6 is 15.9 Å². The summed E-state index contributed by atoms with van der Waals surface area (Å²) in [6.45, 7) is 2.21. The second-order valence-corrected chi connectivity index (χ2v) is 6.21. The van der Waals surface area contributed by atoms with Crippen LogP contribution in [-0.4, -0.2) is 11.3 Å². The molecule has 0 atom stereocenters. The van der Waals surface area contributed by atoms with Gasteiger partial charge < -0.3 is 5.32 Å². The molecular formula is C18H14BrFN2O. The number of nitrogens with one attached hydrogen (secondary N) is 1. The van der Waals surface area contributed by atoms with Gasteiger partial charge in [0.05, 0.1) is 5.52 Å². The normalized spacial score (nSPS) is 10.7. The molecule has 2 aromatic carbocycles. The number of aromatic nitrogens is 1. The molecule has 1 aromatic heterocycles. The van der Waals surface area contributed by atoms with Crippen LogP contribution in [0.15, 0.2) is 46.9 Å². The van der Waals surface area contributed by atoms with Crippen molar-refractivity contribution >= 4 is 38.8 Å². The number of aldehydes is 1. The van der Waals surface area contributed by atoms with Crippen LogP contribution in [0.4, 0.5) is 10.1 Å². The molecule has 116 valence electrons. The largest absolute Gasteiger partial charge is 0.380 e. The molecule has 0 saturated carbocycles. The van der Waals surface area contributed by atoms with Gasteiger partial charge in [-0.15, -0.1) is 0 Å². The van der Waals surface area contributed by atoms with Crippen LogP contribution in [0.5, 0.6) is 0 Å². The third-order valence-electron chi connectivity index (χ3n) is 3.57. The third kappa shape index (κ3) is 3.40. The zero-order valence-corrected chi connectivity index (χ0v) is 14.0. The zero-order chi connectivity index (χ0) is 16.4. The number of nitrogens with zero attached hydrogens (tertiary/aromatic N) is 1. The van der Waals surface area contributed by atoms with Crippen molar-refractivity contribution in [3.05, 3.63) is 69.6 Å². The number of hydrogen-bond donors (Lipinski definition) is 1. The number of carbonyl (C=O) groups is 1. The average molecular weight is 373 g/mol. The zero-order valence-electron chi connectivity index (χ0n) is 12.4. The summed E-state index contributed by atoms with van der Waals surface area (Å²) >= 11 is 3.46. The lowest BCUT2D eigenvalue weighted by atomic mass is 10.1. The summed E-state index contributed by atoms with van der Waals surface area (Å²) in [7, 11) is 0. The van der Waals surface area contributed by atoms with E-state index in [0.29, 0.717) is 24.0 Å². The van der Waals surface area contributed by atoms with E-state index in [-0.39, 0.29) is 5.82 Å². The molecule has 3 aromatic rings. The fraction of sp³-hybridized carbons (Fsp3) is 0.111. The van der Waals surface area contributed by atoms with Crippen molar-refractivity contribution in [1.29, 1.82) is 0 Å². The maximum absolute atomic E-state index is 13.9. The predicted molar refractivity (Wildman–Crippen MR) is 93.3 cm³/mol. The molecule has 0 aliphatic carbocycles. The van der Waals surface area contributed by atoms with E-state index in [2.05, 4.69) is 26.2 Å². The van der Waals surface area contributed by atoms with Gasteiger partial charge in [0.1, 0.15) is 12.1 Å². The number of hydrogen-bond acceptors (Lipinski definition) is 3. The summed E-state index contributed by atoms with van der Waals surface area (Å²) in [6.07, 6.45) is 0.714. The standard InChI is InChI=1S/C18H14BrFN2O/c1-11-6-18(15-8-14(19)3-5-17(15)22-11)21-9-13-7-12(10-23)2-4-16(13)20/h2-8,10H,9H2,1H3,(H,21,22). The lowest BCUT2D eigenvalue weighted by Gasteiger charge is -2.12. The van der Waals surface area contributed by atoms with E-state index in [1.165, 1.54) is 12.1 Å². The van der Waals surface area contributed by atoms with Gasteiger partial charge in [-0.05, 0) is 49.4 Å². The van der Waals surface area contributed by atoms with Gasteiger partial charge in [-0.25, -0.2) is 4.39 Å². The first-order chi connectivity index (χ1) is 11.1. The number of halogens is 2. The van der Waals surface area contributed by atoms with Gasteiger partial charge in [-0.1, -0.05) is 15.9 Å². The molecule has 0 bridgehead atoms. The van der Waals surface area contributed by atoms with E-state index in [0.717, 1.165) is 26.8 Å². The molecule has 0 aliphatic rings. The molecule has 0 fully saturated rings. The molecule has 3 nitrogen and oxygen atoms in total. The molecule has 3 rings (SSSR count). The second kappa shape index (κ2) is 6.46. The van der Waals surface area contributed by atoms with Crippen LogP contribution in [-0.2, 0) is 6.54 Å². The number of benzene rings is 2. The van der Waals surface area contributed by atoms with Gasteiger partial charge in [-0.2, -0.15) is 0 Å². The summed E-state index contributed by atoms with van der Waals surface area (Å²) in [4.78, 5) is 15.3. The fourth-order valence-corrected chi connectivity index (χ4v) is 2.83. The SMILES string of the molecule is Cc1cc(NCc2cc(C=O)ccc2F)c2cc(Br)ccc2n1. The number of carbonyl (C=O) groups excluding carboxylic acids is 1. The van der Waals surface area contributed by atoms with Crippen LogP contribution in [0.2, 0.25) is 0 Å². The van der Waals surface area contributed by atoms with Crippen molar-refractivity contribution in [3.63, 3.8) is 0 Å². The van der Waals surface area contributed by atoms with Crippen molar-refractivity contribution in [1.82, 2.24) is 4.98 Å². The van der Waals surface area contributed by atoms with Crippen molar-refractivity contribution in [3.8, 4) is 0 Å². The van der Waals surface area contributed by atoms with E-state index in [1.54, 1.807) is 6.07 Å². The summed E-state index contributed by atoms with van der Waals surface area (Å²) in [5.41, 5.74) is 3.54. The Hall–Kier alpha value is -2.27. The van der Waals surface area contributed by atoms with Crippen LogP contribution in [0, 0.1) is 12.7 Å². The molecule has 5 heteroatoms. The number of fused-ring (bicyclic) bond motifs is 1. The Kier molecular flexibility index (Phi) is 4.39. The first-order valence-corrected chi connectivity index (χ1v) is 7.90. The van der Waals surface area contributed by atoms with E-state index < -0.39 is 0 Å². The maximum Gasteiger partial charge on any atom is 0.150 e. The average Bonchev–Trinajstić information content (AvgIpc) is 2.54. The summed E-state index contributed by atoms with van der Waals surface area (Å²) in [6, 6.07) is 12.1. The molecule has 1 heterocycles. The Labute approximate surface area is 141 Å². The number of anilines is 1. The molecular weight excluding hydrogens is 359 g/mol. The quantitative estimate of drug-likeness (QED) is 0.664. The Balaban J connectivity index is 1.96. The van der Waals surface area contributed by atoms with Crippen molar-refractivity contribution in [2.75, 3.05) is 5.32 Å². The lowest BCUT2D eigenvalue weighted by Crippen LogP contribution is -2.04. The summed E-state index contributed by atoms with van der Waals surface area (Å²) in [5, 5.41) is 4.20.